The maximum atomic E-state index is 4.23. The maximum Gasteiger partial charge on any atom is 0.0392 e. The lowest BCUT2D eigenvalue weighted by atomic mass is 9.78. The fourth-order valence-electron chi connectivity index (χ4n) is 2.74. The summed E-state index contributed by atoms with van der Waals surface area (Å²) in [4.78, 5) is 2.28. The van der Waals surface area contributed by atoms with Crippen molar-refractivity contribution in [3.05, 3.63) is 49.1 Å². The van der Waals surface area contributed by atoms with Crippen LogP contribution in [0.25, 0.3) is 0 Å². The van der Waals surface area contributed by atoms with Gasteiger partial charge in [0.1, 0.15) is 0 Å². The van der Waals surface area contributed by atoms with Crippen LogP contribution in [-0.4, -0.2) is 11.4 Å². The molecule has 2 heterocycles. The van der Waals surface area contributed by atoms with Crippen LogP contribution < -0.4 is 5.32 Å². The van der Waals surface area contributed by atoms with E-state index in [0.717, 1.165) is 35.8 Å². The molecule has 17 heavy (non-hydrogen) atoms. The Morgan fingerprint density at radius 3 is 2.12 bits per heavy atom. The highest BCUT2D eigenvalue weighted by atomic mass is 15.2. The summed E-state index contributed by atoms with van der Waals surface area (Å²) in [6, 6.07) is 0. The van der Waals surface area contributed by atoms with Crippen molar-refractivity contribution in [1.82, 2.24) is 10.2 Å². The van der Waals surface area contributed by atoms with Gasteiger partial charge in [-0.1, -0.05) is 39.7 Å². The van der Waals surface area contributed by atoms with Crippen molar-refractivity contribution >= 4 is 0 Å². The molecule has 2 aliphatic heterocycles. The fourth-order valence-corrected chi connectivity index (χ4v) is 2.74. The van der Waals surface area contributed by atoms with Gasteiger partial charge in [-0.05, 0) is 12.8 Å². The Balaban J connectivity index is 2.24. The van der Waals surface area contributed by atoms with Crippen molar-refractivity contribution in [2.24, 2.45) is 11.8 Å². The van der Waals surface area contributed by atoms with Crippen molar-refractivity contribution in [2.75, 3.05) is 6.54 Å². The molecule has 2 fully saturated rings. The molecule has 92 valence electrons. The monoisotopic (exact) mass is 230 g/mol. The first-order valence-corrected chi connectivity index (χ1v) is 6.36. The molecule has 2 heteroatoms. The summed E-state index contributed by atoms with van der Waals surface area (Å²) in [5, 5.41) is 3.28. The van der Waals surface area contributed by atoms with Crippen LogP contribution in [0.5, 0.6) is 0 Å². The summed E-state index contributed by atoms with van der Waals surface area (Å²) in [5.41, 5.74) is 4.35. The van der Waals surface area contributed by atoms with Gasteiger partial charge in [0, 0.05) is 41.2 Å². The third-order valence-corrected chi connectivity index (χ3v) is 3.87. The zero-order chi connectivity index (χ0) is 12.6. The van der Waals surface area contributed by atoms with Gasteiger partial charge >= 0.3 is 0 Å². The van der Waals surface area contributed by atoms with Crippen molar-refractivity contribution in [1.29, 1.82) is 0 Å². The average molecular weight is 230 g/mol. The molecule has 0 aromatic rings. The van der Waals surface area contributed by atoms with E-state index >= 15 is 0 Å². The highest BCUT2D eigenvalue weighted by molar-refractivity contribution is 5.35. The SMILES string of the molecule is C=C1NC(=C)C2CC1C(=C)N(CCCC)C2=C. The fraction of sp³-hybridized carbons (Fsp3) is 0.467. The van der Waals surface area contributed by atoms with E-state index in [2.05, 4.69) is 43.5 Å². The molecule has 0 spiro atoms. The van der Waals surface area contributed by atoms with Crippen LogP contribution in [0.1, 0.15) is 26.2 Å². The standard InChI is InChI=1S/C15H22N2/c1-6-7-8-17-12(4)14-9-15(13(17)5)11(3)16-10(14)2/h14-16H,2-9H2,1H3. The average Bonchev–Trinajstić information content (AvgIpc) is 2.28. The zero-order valence-electron chi connectivity index (χ0n) is 10.8. The lowest BCUT2D eigenvalue weighted by Crippen LogP contribution is -2.45. The van der Waals surface area contributed by atoms with E-state index in [0.29, 0.717) is 11.8 Å². The molecule has 0 aromatic carbocycles. The summed E-state index contributed by atoms with van der Waals surface area (Å²) < 4.78 is 0. The van der Waals surface area contributed by atoms with E-state index in [1.807, 2.05) is 0 Å². The van der Waals surface area contributed by atoms with Gasteiger partial charge in [0.25, 0.3) is 0 Å². The minimum absolute atomic E-state index is 0.341. The normalized spacial score (nSPS) is 28.4. The largest absolute Gasteiger partial charge is 0.362 e. The highest BCUT2D eigenvalue weighted by Gasteiger charge is 2.39. The predicted molar refractivity (Wildman–Crippen MR) is 72.9 cm³/mol. The first kappa shape index (κ1) is 12.0. The second-order valence-corrected chi connectivity index (χ2v) is 5.00. The molecule has 0 aliphatic carbocycles. The Bertz CT molecular complexity index is 360. The van der Waals surface area contributed by atoms with Gasteiger partial charge in [0.2, 0.25) is 0 Å². The van der Waals surface area contributed by atoms with Gasteiger partial charge in [-0.2, -0.15) is 0 Å². The smallest absolute Gasteiger partial charge is 0.0392 e. The summed E-state index contributed by atoms with van der Waals surface area (Å²) in [6.45, 7) is 19.9. The second-order valence-electron chi connectivity index (χ2n) is 5.00. The molecule has 2 saturated heterocycles. The second kappa shape index (κ2) is 4.44. The van der Waals surface area contributed by atoms with Crippen LogP contribution in [0, 0.1) is 11.8 Å². The molecular formula is C15H22N2. The van der Waals surface area contributed by atoms with Crippen LogP contribution in [0.15, 0.2) is 49.1 Å². The molecule has 2 bridgehead atoms. The van der Waals surface area contributed by atoms with Crippen molar-refractivity contribution in [3.8, 4) is 0 Å². The Morgan fingerprint density at radius 2 is 1.65 bits per heavy atom. The van der Waals surface area contributed by atoms with Crippen molar-refractivity contribution in [3.63, 3.8) is 0 Å². The summed E-state index contributed by atoms with van der Waals surface area (Å²) >= 11 is 0. The number of unbranched alkanes of at least 4 members (excludes halogenated alkanes) is 1. The van der Waals surface area contributed by atoms with Crippen molar-refractivity contribution in [2.45, 2.75) is 26.2 Å². The lowest BCUT2D eigenvalue weighted by molar-refractivity contribution is 0.252. The summed E-state index contributed by atoms with van der Waals surface area (Å²) in [5.74, 6) is 0.681. The van der Waals surface area contributed by atoms with E-state index < -0.39 is 0 Å². The number of rotatable bonds is 3. The summed E-state index contributed by atoms with van der Waals surface area (Å²) in [6.07, 6.45) is 3.39. The minimum Gasteiger partial charge on any atom is -0.362 e. The number of nitrogens with zero attached hydrogens (tertiary/aromatic N) is 1. The van der Waals surface area contributed by atoms with Crippen molar-refractivity contribution < 1.29 is 0 Å². The molecular weight excluding hydrogens is 208 g/mol. The Labute approximate surface area is 104 Å². The summed E-state index contributed by atoms with van der Waals surface area (Å²) in [7, 11) is 0. The van der Waals surface area contributed by atoms with Gasteiger partial charge in [0.05, 0.1) is 0 Å². The zero-order valence-corrected chi connectivity index (χ0v) is 10.8. The van der Waals surface area contributed by atoms with Gasteiger partial charge in [-0.3, -0.25) is 0 Å². The molecule has 0 aromatic heterocycles. The van der Waals surface area contributed by atoms with E-state index in [1.165, 1.54) is 12.8 Å². The molecule has 2 atom stereocenters. The van der Waals surface area contributed by atoms with Crippen LogP contribution in [-0.2, 0) is 0 Å². The van der Waals surface area contributed by atoms with Gasteiger partial charge in [-0.25, -0.2) is 0 Å². The number of fused-ring (bicyclic) bond motifs is 2. The molecule has 0 saturated carbocycles. The number of likely N-dealkylation sites (tertiary alicyclic amines) is 1. The molecule has 2 unspecified atom stereocenters. The van der Waals surface area contributed by atoms with E-state index in [-0.39, 0.29) is 0 Å². The number of piperidine rings is 2. The third kappa shape index (κ3) is 1.92. The molecule has 0 radical (unpaired) electrons. The quantitative estimate of drug-likeness (QED) is 0.799. The third-order valence-electron chi connectivity index (χ3n) is 3.87. The van der Waals surface area contributed by atoms with E-state index in [4.69, 9.17) is 0 Å². The van der Waals surface area contributed by atoms with Crippen LogP contribution in [0.4, 0.5) is 0 Å². The maximum absolute atomic E-state index is 4.23. The van der Waals surface area contributed by atoms with Gasteiger partial charge in [0.15, 0.2) is 0 Å². The Morgan fingerprint density at radius 1 is 1.12 bits per heavy atom. The Hall–Kier alpha value is -1.44. The van der Waals surface area contributed by atoms with Crippen LogP contribution >= 0.6 is 0 Å². The Kier molecular flexibility index (Phi) is 3.14. The van der Waals surface area contributed by atoms with Crippen LogP contribution in [0.3, 0.4) is 0 Å². The molecule has 0 amide bonds. The van der Waals surface area contributed by atoms with E-state index in [9.17, 15) is 0 Å². The topological polar surface area (TPSA) is 15.3 Å². The number of nitrogens with one attached hydrogen (secondary N) is 1. The minimum atomic E-state index is 0.341. The molecule has 2 aliphatic rings. The van der Waals surface area contributed by atoms with E-state index in [1.54, 1.807) is 0 Å². The molecule has 1 N–H and O–H groups in total. The van der Waals surface area contributed by atoms with Gasteiger partial charge in [-0.15, -0.1) is 0 Å². The first-order valence-electron chi connectivity index (χ1n) is 6.36. The first-order chi connectivity index (χ1) is 8.06. The van der Waals surface area contributed by atoms with Crippen LogP contribution in [0.2, 0.25) is 0 Å². The number of hydrogen-bond acceptors (Lipinski definition) is 2. The number of hydrogen-bond donors (Lipinski definition) is 1. The molecule has 2 rings (SSSR count). The lowest BCUT2D eigenvalue weighted by Gasteiger charge is -2.47. The molecule has 2 nitrogen and oxygen atoms in total. The van der Waals surface area contributed by atoms with Gasteiger partial charge < -0.3 is 10.2 Å². The predicted octanol–water partition coefficient (Wildman–Crippen LogP) is 3.38. The highest BCUT2D eigenvalue weighted by Crippen LogP contribution is 2.44.